The third-order valence-corrected chi connectivity index (χ3v) is 3.76. The number of hydrogen-bond acceptors (Lipinski definition) is 3. The minimum Gasteiger partial charge on any atom is -0.495 e. The zero-order valence-electron chi connectivity index (χ0n) is 8.87. The third-order valence-electron chi connectivity index (χ3n) is 2.21. The summed E-state index contributed by atoms with van der Waals surface area (Å²) in [5.41, 5.74) is 2.29. The van der Waals surface area contributed by atoms with Gasteiger partial charge in [0.05, 0.1) is 16.6 Å². The van der Waals surface area contributed by atoms with Crippen molar-refractivity contribution in [3.63, 3.8) is 0 Å². The molecule has 84 valence electrons. The molecule has 2 aromatic rings. The third kappa shape index (κ3) is 2.77. The van der Waals surface area contributed by atoms with Crippen molar-refractivity contribution in [1.82, 2.24) is 0 Å². The number of ether oxygens (including phenoxy) is 1. The molecule has 0 saturated heterocycles. The van der Waals surface area contributed by atoms with Gasteiger partial charge in [-0.2, -0.15) is 0 Å². The summed E-state index contributed by atoms with van der Waals surface area (Å²) in [5.74, 6) is 0.872. The molecule has 0 fully saturated rings. The topological polar surface area (TPSA) is 21.3 Å². The van der Waals surface area contributed by atoms with Gasteiger partial charge in [-0.3, -0.25) is 0 Å². The molecule has 0 amide bonds. The highest BCUT2D eigenvalue weighted by Crippen LogP contribution is 2.25. The van der Waals surface area contributed by atoms with Crippen molar-refractivity contribution in [1.29, 1.82) is 0 Å². The second-order valence-electron chi connectivity index (χ2n) is 3.31. The van der Waals surface area contributed by atoms with Crippen molar-refractivity contribution in [3.8, 4) is 5.75 Å². The zero-order valence-corrected chi connectivity index (χ0v) is 11.3. The lowest BCUT2D eigenvalue weighted by molar-refractivity contribution is 0.416. The van der Waals surface area contributed by atoms with E-state index in [0.717, 1.165) is 21.8 Å². The molecular formula is C12H12BrNOS. The highest BCUT2D eigenvalue weighted by Gasteiger charge is 2.01. The van der Waals surface area contributed by atoms with Crippen molar-refractivity contribution in [3.05, 3.63) is 45.1 Å². The molecule has 1 N–H and O–H groups in total. The molecule has 1 heterocycles. The molecule has 0 radical (unpaired) electrons. The van der Waals surface area contributed by atoms with E-state index in [2.05, 4.69) is 32.7 Å². The second-order valence-corrected chi connectivity index (χ2v) is 5.60. The van der Waals surface area contributed by atoms with Gasteiger partial charge in [0, 0.05) is 6.54 Å². The maximum Gasteiger partial charge on any atom is 0.141 e. The Morgan fingerprint density at radius 3 is 2.88 bits per heavy atom. The standard InChI is InChI=1S/C12H12BrNOS/c1-15-11-5-3-2-4-10(11)14-7-9-6-12(13)16-8-9/h2-6,8,14H,7H2,1H3. The van der Waals surface area contributed by atoms with Gasteiger partial charge in [0.25, 0.3) is 0 Å². The number of halogens is 1. The number of methoxy groups -OCH3 is 1. The molecule has 0 unspecified atom stereocenters. The SMILES string of the molecule is COc1ccccc1NCc1csc(Br)c1. The molecule has 1 aromatic carbocycles. The first-order valence-corrected chi connectivity index (χ1v) is 6.56. The molecule has 0 bridgehead atoms. The molecule has 0 spiro atoms. The van der Waals surface area contributed by atoms with Crippen molar-refractivity contribution in [2.24, 2.45) is 0 Å². The van der Waals surface area contributed by atoms with E-state index in [1.807, 2.05) is 24.3 Å². The smallest absolute Gasteiger partial charge is 0.141 e. The number of anilines is 1. The van der Waals surface area contributed by atoms with Crippen LogP contribution in [0.2, 0.25) is 0 Å². The van der Waals surface area contributed by atoms with Crippen LogP contribution in [0, 0.1) is 0 Å². The van der Waals surface area contributed by atoms with Crippen LogP contribution in [0.25, 0.3) is 0 Å². The number of benzene rings is 1. The molecular weight excluding hydrogens is 286 g/mol. The molecule has 4 heteroatoms. The van der Waals surface area contributed by atoms with Gasteiger partial charge in [0.1, 0.15) is 5.75 Å². The van der Waals surface area contributed by atoms with Gasteiger partial charge in [0.15, 0.2) is 0 Å². The van der Waals surface area contributed by atoms with Crippen LogP contribution < -0.4 is 10.1 Å². The Morgan fingerprint density at radius 2 is 2.19 bits per heavy atom. The van der Waals surface area contributed by atoms with E-state index in [0.29, 0.717) is 0 Å². The Bertz CT molecular complexity index is 470. The van der Waals surface area contributed by atoms with Gasteiger partial charge in [0.2, 0.25) is 0 Å². The summed E-state index contributed by atoms with van der Waals surface area (Å²) < 4.78 is 6.43. The molecule has 0 aliphatic carbocycles. The van der Waals surface area contributed by atoms with Crippen LogP contribution in [-0.2, 0) is 6.54 Å². The lowest BCUT2D eigenvalue weighted by atomic mass is 10.2. The van der Waals surface area contributed by atoms with Gasteiger partial charge >= 0.3 is 0 Å². The van der Waals surface area contributed by atoms with E-state index in [-0.39, 0.29) is 0 Å². The fourth-order valence-corrected chi connectivity index (χ4v) is 2.64. The minimum atomic E-state index is 0.808. The van der Waals surface area contributed by atoms with Crippen molar-refractivity contribution in [2.75, 3.05) is 12.4 Å². The Labute approximate surface area is 107 Å². The van der Waals surface area contributed by atoms with Gasteiger partial charge < -0.3 is 10.1 Å². The Hall–Kier alpha value is -1.00. The average molecular weight is 298 g/mol. The quantitative estimate of drug-likeness (QED) is 0.916. The van der Waals surface area contributed by atoms with E-state index >= 15 is 0 Å². The summed E-state index contributed by atoms with van der Waals surface area (Å²) in [7, 11) is 1.68. The number of para-hydroxylation sites is 2. The first kappa shape index (κ1) is 11.5. The molecule has 0 aliphatic rings. The van der Waals surface area contributed by atoms with Gasteiger partial charge in [-0.05, 0) is 45.1 Å². The van der Waals surface area contributed by atoms with E-state index < -0.39 is 0 Å². The lowest BCUT2D eigenvalue weighted by Crippen LogP contribution is -1.99. The first-order chi connectivity index (χ1) is 7.79. The van der Waals surface area contributed by atoms with Gasteiger partial charge in [-0.1, -0.05) is 12.1 Å². The van der Waals surface area contributed by atoms with Crippen LogP contribution in [0.15, 0.2) is 39.5 Å². The lowest BCUT2D eigenvalue weighted by Gasteiger charge is -2.09. The van der Waals surface area contributed by atoms with Crippen LogP contribution in [-0.4, -0.2) is 7.11 Å². The van der Waals surface area contributed by atoms with Crippen molar-refractivity contribution >= 4 is 33.0 Å². The molecule has 16 heavy (non-hydrogen) atoms. The summed E-state index contributed by atoms with van der Waals surface area (Å²) >= 11 is 5.15. The Kier molecular flexibility index (Phi) is 3.85. The zero-order chi connectivity index (χ0) is 11.4. The number of rotatable bonds is 4. The Morgan fingerprint density at radius 1 is 1.38 bits per heavy atom. The first-order valence-electron chi connectivity index (χ1n) is 4.89. The van der Waals surface area contributed by atoms with E-state index in [4.69, 9.17) is 4.74 Å². The summed E-state index contributed by atoms with van der Waals surface area (Å²) in [6, 6.07) is 10.0. The molecule has 2 nitrogen and oxygen atoms in total. The van der Waals surface area contributed by atoms with Crippen LogP contribution in [0.4, 0.5) is 5.69 Å². The molecule has 1 aromatic heterocycles. The largest absolute Gasteiger partial charge is 0.495 e. The summed E-state index contributed by atoms with van der Waals surface area (Å²) in [6.07, 6.45) is 0. The monoisotopic (exact) mass is 297 g/mol. The Balaban J connectivity index is 2.04. The predicted octanol–water partition coefficient (Wildman–Crippen LogP) is 4.13. The summed E-state index contributed by atoms with van der Waals surface area (Å²) in [4.78, 5) is 0. The molecule has 0 atom stereocenters. The van der Waals surface area contributed by atoms with Crippen LogP contribution in [0.3, 0.4) is 0 Å². The van der Waals surface area contributed by atoms with Crippen molar-refractivity contribution < 1.29 is 4.74 Å². The van der Waals surface area contributed by atoms with E-state index in [1.165, 1.54) is 5.56 Å². The minimum absolute atomic E-state index is 0.808. The molecule has 0 aliphatic heterocycles. The highest BCUT2D eigenvalue weighted by molar-refractivity contribution is 9.11. The molecule has 0 saturated carbocycles. The van der Waals surface area contributed by atoms with Crippen LogP contribution in [0.5, 0.6) is 5.75 Å². The van der Waals surface area contributed by atoms with Crippen LogP contribution >= 0.6 is 27.3 Å². The normalized spacial score (nSPS) is 10.1. The number of hydrogen-bond donors (Lipinski definition) is 1. The number of thiophene rings is 1. The van der Waals surface area contributed by atoms with E-state index in [9.17, 15) is 0 Å². The summed E-state index contributed by atoms with van der Waals surface area (Å²) in [5, 5.41) is 5.49. The second kappa shape index (κ2) is 5.37. The maximum absolute atomic E-state index is 5.27. The fraction of sp³-hybridized carbons (Fsp3) is 0.167. The van der Waals surface area contributed by atoms with E-state index in [1.54, 1.807) is 18.4 Å². The summed E-state index contributed by atoms with van der Waals surface area (Å²) in [6.45, 7) is 0.808. The average Bonchev–Trinajstić information content (AvgIpc) is 2.73. The van der Waals surface area contributed by atoms with Gasteiger partial charge in [-0.15, -0.1) is 11.3 Å². The number of nitrogens with one attached hydrogen (secondary N) is 1. The predicted molar refractivity (Wildman–Crippen MR) is 72.3 cm³/mol. The highest BCUT2D eigenvalue weighted by atomic mass is 79.9. The fourth-order valence-electron chi connectivity index (χ4n) is 1.43. The van der Waals surface area contributed by atoms with Crippen molar-refractivity contribution in [2.45, 2.75) is 6.54 Å². The molecule has 2 rings (SSSR count). The van der Waals surface area contributed by atoms with Crippen LogP contribution in [0.1, 0.15) is 5.56 Å². The maximum atomic E-state index is 5.27. The van der Waals surface area contributed by atoms with Gasteiger partial charge in [-0.25, -0.2) is 0 Å².